The molecule has 0 saturated carbocycles. The summed E-state index contributed by atoms with van der Waals surface area (Å²) in [5.74, 6) is 0.0587. The van der Waals surface area contributed by atoms with Gasteiger partial charge in [0, 0.05) is 13.7 Å². The summed E-state index contributed by atoms with van der Waals surface area (Å²) >= 11 is 0. The molecule has 0 spiro atoms. The molecule has 1 unspecified atom stereocenters. The Morgan fingerprint density at radius 3 is 2.62 bits per heavy atom. The highest BCUT2D eigenvalue weighted by atomic mass is 16.5. The Morgan fingerprint density at radius 2 is 2.15 bits per heavy atom. The van der Waals surface area contributed by atoms with Gasteiger partial charge < -0.3 is 10.1 Å². The van der Waals surface area contributed by atoms with Gasteiger partial charge in [-0.25, -0.2) is 0 Å². The predicted molar refractivity (Wildman–Crippen MR) is 53.6 cm³/mol. The molecule has 0 rings (SSSR count). The van der Waals surface area contributed by atoms with E-state index in [0.29, 0.717) is 6.42 Å². The first-order chi connectivity index (χ1) is 6.24. The van der Waals surface area contributed by atoms with Crippen LogP contribution in [0.1, 0.15) is 39.5 Å². The van der Waals surface area contributed by atoms with Crippen molar-refractivity contribution in [2.24, 2.45) is 0 Å². The number of nitrogens with one attached hydrogen (secondary N) is 1. The third kappa shape index (κ3) is 6.58. The fourth-order valence-electron chi connectivity index (χ4n) is 1.02. The number of amides is 1. The number of hydrogen-bond donors (Lipinski definition) is 1. The van der Waals surface area contributed by atoms with Crippen molar-refractivity contribution in [3.63, 3.8) is 0 Å². The van der Waals surface area contributed by atoms with Gasteiger partial charge >= 0.3 is 0 Å². The topological polar surface area (TPSA) is 38.3 Å². The number of ether oxygens (including phenoxy) is 1. The lowest BCUT2D eigenvalue weighted by atomic mass is 10.2. The lowest BCUT2D eigenvalue weighted by Crippen LogP contribution is -2.25. The van der Waals surface area contributed by atoms with E-state index in [-0.39, 0.29) is 12.0 Å². The molecular formula is C10H21NO2. The Labute approximate surface area is 80.8 Å². The molecule has 0 saturated heterocycles. The van der Waals surface area contributed by atoms with Crippen LogP contribution in [0.5, 0.6) is 0 Å². The highest BCUT2D eigenvalue weighted by Gasteiger charge is 2.10. The van der Waals surface area contributed by atoms with E-state index in [1.165, 1.54) is 0 Å². The summed E-state index contributed by atoms with van der Waals surface area (Å²) in [7, 11) is 1.65. The van der Waals surface area contributed by atoms with Gasteiger partial charge in [0.1, 0.15) is 0 Å². The Balaban J connectivity index is 3.56. The molecule has 3 heteroatoms. The molecule has 1 amide bonds. The molecule has 0 aromatic rings. The Kier molecular flexibility index (Phi) is 7.69. The van der Waals surface area contributed by atoms with Crippen molar-refractivity contribution >= 4 is 5.91 Å². The number of unbranched alkanes of at least 4 members (excludes halogenated alkanes) is 1. The molecule has 1 atom stereocenters. The van der Waals surface area contributed by atoms with Crippen LogP contribution < -0.4 is 5.32 Å². The minimum absolute atomic E-state index is 0.0587. The van der Waals surface area contributed by atoms with Crippen LogP contribution in [-0.2, 0) is 9.53 Å². The summed E-state index contributed by atoms with van der Waals surface area (Å²) in [6.45, 7) is 4.94. The molecule has 0 heterocycles. The first-order valence-electron chi connectivity index (χ1n) is 5.06. The molecule has 0 aromatic heterocycles. The zero-order valence-electron chi connectivity index (χ0n) is 8.93. The van der Waals surface area contributed by atoms with E-state index >= 15 is 0 Å². The summed E-state index contributed by atoms with van der Waals surface area (Å²) in [5, 5.41) is 2.60. The first kappa shape index (κ1) is 12.4. The molecule has 0 aromatic carbocycles. The molecule has 0 fully saturated rings. The fourth-order valence-corrected chi connectivity index (χ4v) is 1.02. The first-order valence-corrected chi connectivity index (χ1v) is 5.06. The second kappa shape index (κ2) is 8.05. The summed E-state index contributed by atoms with van der Waals surface area (Å²) < 4.78 is 5.54. The Hall–Kier alpha value is -0.570. The van der Waals surface area contributed by atoms with Gasteiger partial charge in [0.25, 0.3) is 0 Å². The van der Waals surface area contributed by atoms with Crippen LogP contribution in [-0.4, -0.2) is 25.7 Å². The standard InChI is InChI=1S/C10H21NO2/c1-4-6-7-13-9(5-2)8-10(12)11-3/h9H,4-8H2,1-3H3,(H,11,12). The van der Waals surface area contributed by atoms with Crippen molar-refractivity contribution in [3.8, 4) is 0 Å². The molecule has 78 valence electrons. The van der Waals surface area contributed by atoms with Crippen LogP contribution in [0, 0.1) is 0 Å². The third-order valence-electron chi connectivity index (χ3n) is 2.00. The van der Waals surface area contributed by atoms with Crippen molar-refractivity contribution in [2.75, 3.05) is 13.7 Å². The van der Waals surface area contributed by atoms with Crippen LogP contribution >= 0.6 is 0 Å². The Morgan fingerprint density at radius 1 is 1.46 bits per heavy atom. The molecule has 0 aliphatic heterocycles. The third-order valence-corrected chi connectivity index (χ3v) is 2.00. The van der Waals surface area contributed by atoms with Crippen LogP contribution in [0.25, 0.3) is 0 Å². The zero-order chi connectivity index (χ0) is 10.1. The second-order valence-corrected chi connectivity index (χ2v) is 3.13. The van der Waals surface area contributed by atoms with E-state index in [4.69, 9.17) is 4.74 Å². The van der Waals surface area contributed by atoms with Gasteiger partial charge in [0.2, 0.25) is 5.91 Å². The quantitative estimate of drug-likeness (QED) is 0.616. The van der Waals surface area contributed by atoms with Crippen molar-refractivity contribution < 1.29 is 9.53 Å². The molecule has 0 bridgehead atoms. The van der Waals surface area contributed by atoms with Gasteiger partial charge in [-0.1, -0.05) is 20.3 Å². The molecule has 1 N–H and O–H groups in total. The SMILES string of the molecule is CCCCOC(CC)CC(=O)NC. The molecule has 0 aliphatic carbocycles. The van der Waals surface area contributed by atoms with Crippen LogP contribution in [0.4, 0.5) is 0 Å². The zero-order valence-corrected chi connectivity index (χ0v) is 8.93. The van der Waals surface area contributed by atoms with Gasteiger partial charge in [0.05, 0.1) is 12.5 Å². The highest BCUT2D eigenvalue weighted by molar-refractivity contribution is 5.75. The molecule has 3 nitrogen and oxygen atoms in total. The van der Waals surface area contributed by atoms with Gasteiger partial charge in [-0.3, -0.25) is 4.79 Å². The lowest BCUT2D eigenvalue weighted by Gasteiger charge is -2.14. The van der Waals surface area contributed by atoms with Crippen molar-refractivity contribution in [1.82, 2.24) is 5.32 Å². The summed E-state index contributed by atoms with van der Waals surface area (Å²) in [6.07, 6.45) is 3.68. The molecular weight excluding hydrogens is 166 g/mol. The largest absolute Gasteiger partial charge is 0.378 e. The van der Waals surface area contributed by atoms with E-state index in [2.05, 4.69) is 12.2 Å². The van der Waals surface area contributed by atoms with E-state index in [1.807, 2.05) is 6.92 Å². The Bertz CT molecular complexity index is 137. The van der Waals surface area contributed by atoms with Gasteiger partial charge in [0.15, 0.2) is 0 Å². The minimum atomic E-state index is 0.0587. The van der Waals surface area contributed by atoms with Gasteiger partial charge in [-0.05, 0) is 12.8 Å². The monoisotopic (exact) mass is 187 g/mol. The maximum absolute atomic E-state index is 11.0. The van der Waals surface area contributed by atoms with Crippen LogP contribution in [0.15, 0.2) is 0 Å². The van der Waals surface area contributed by atoms with E-state index < -0.39 is 0 Å². The molecule has 0 aliphatic rings. The summed E-state index contributed by atoms with van der Waals surface area (Å²) in [6, 6.07) is 0. The van der Waals surface area contributed by atoms with E-state index in [9.17, 15) is 4.79 Å². The molecule has 13 heavy (non-hydrogen) atoms. The summed E-state index contributed by atoms with van der Waals surface area (Å²) in [4.78, 5) is 11.0. The summed E-state index contributed by atoms with van der Waals surface area (Å²) in [5.41, 5.74) is 0. The van der Waals surface area contributed by atoms with Crippen molar-refractivity contribution in [1.29, 1.82) is 0 Å². The van der Waals surface area contributed by atoms with Crippen molar-refractivity contribution in [2.45, 2.75) is 45.6 Å². The van der Waals surface area contributed by atoms with E-state index in [0.717, 1.165) is 25.9 Å². The normalized spacial score (nSPS) is 12.5. The number of carbonyl (C=O) groups excluding carboxylic acids is 1. The number of hydrogen-bond acceptors (Lipinski definition) is 2. The minimum Gasteiger partial charge on any atom is -0.378 e. The fraction of sp³-hybridized carbons (Fsp3) is 0.900. The second-order valence-electron chi connectivity index (χ2n) is 3.13. The number of carbonyl (C=O) groups is 1. The number of rotatable bonds is 7. The maximum Gasteiger partial charge on any atom is 0.222 e. The van der Waals surface area contributed by atoms with Gasteiger partial charge in [-0.15, -0.1) is 0 Å². The average molecular weight is 187 g/mol. The van der Waals surface area contributed by atoms with Crippen LogP contribution in [0.2, 0.25) is 0 Å². The van der Waals surface area contributed by atoms with Gasteiger partial charge in [-0.2, -0.15) is 0 Å². The smallest absolute Gasteiger partial charge is 0.222 e. The maximum atomic E-state index is 11.0. The average Bonchev–Trinajstić information content (AvgIpc) is 2.16. The lowest BCUT2D eigenvalue weighted by molar-refractivity contribution is -0.123. The predicted octanol–water partition coefficient (Wildman–Crippen LogP) is 1.72. The van der Waals surface area contributed by atoms with Crippen LogP contribution in [0.3, 0.4) is 0 Å². The highest BCUT2D eigenvalue weighted by Crippen LogP contribution is 2.04. The van der Waals surface area contributed by atoms with E-state index in [1.54, 1.807) is 7.05 Å². The van der Waals surface area contributed by atoms with Crippen molar-refractivity contribution in [3.05, 3.63) is 0 Å². The molecule has 0 radical (unpaired) electrons.